The Morgan fingerprint density at radius 1 is 1.19 bits per heavy atom. The number of hydrogen-bond acceptors (Lipinski definition) is 4. The number of benzene rings is 2. The Balaban J connectivity index is 2.10. The Kier molecular flexibility index (Phi) is 4.55. The summed E-state index contributed by atoms with van der Waals surface area (Å²) in [5, 5.41) is 18.3. The van der Waals surface area contributed by atoms with Crippen LogP contribution in [0.25, 0.3) is 0 Å². The number of sulfone groups is 1. The van der Waals surface area contributed by atoms with Crippen LogP contribution in [0.1, 0.15) is 24.0 Å². The van der Waals surface area contributed by atoms with Crippen LogP contribution in [0.5, 0.6) is 0 Å². The van der Waals surface area contributed by atoms with Crippen molar-refractivity contribution in [3.63, 3.8) is 0 Å². The standard InChI is InChI=1S/C19H16ClNO4S/c1-2-12-3-5-13(6-4-12)16-17(19(16,11-21)18(22)23)26(24,25)15-9-7-14(20)8-10-15/h3-10,16-17H,2H2,1H3,(H,22,23)/t16-,17+,19+/m1/s1. The van der Waals surface area contributed by atoms with Crippen LogP contribution in [-0.2, 0) is 21.1 Å². The highest BCUT2D eigenvalue weighted by molar-refractivity contribution is 7.92. The second kappa shape index (κ2) is 6.42. The van der Waals surface area contributed by atoms with Gasteiger partial charge in [0.15, 0.2) is 15.3 Å². The number of carbonyl (C=O) groups is 1. The van der Waals surface area contributed by atoms with E-state index in [0.717, 1.165) is 12.0 Å². The van der Waals surface area contributed by atoms with E-state index in [1.807, 2.05) is 19.1 Å². The van der Waals surface area contributed by atoms with Crippen LogP contribution in [0.2, 0.25) is 5.02 Å². The van der Waals surface area contributed by atoms with Gasteiger partial charge in [0.05, 0.1) is 11.0 Å². The zero-order valence-electron chi connectivity index (χ0n) is 13.9. The summed E-state index contributed by atoms with van der Waals surface area (Å²) in [6.45, 7) is 1.98. The molecule has 0 spiro atoms. The Hall–Kier alpha value is -2.36. The van der Waals surface area contributed by atoms with Crippen LogP contribution >= 0.6 is 11.6 Å². The predicted octanol–water partition coefficient (Wildman–Crippen LogP) is 3.44. The number of carboxylic acids is 1. The average molecular weight is 390 g/mol. The maximum absolute atomic E-state index is 13.0. The summed E-state index contributed by atoms with van der Waals surface area (Å²) in [5.41, 5.74) is -0.412. The van der Waals surface area contributed by atoms with Gasteiger partial charge in [0.1, 0.15) is 5.25 Å². The fourth-order valence-electron chi connectivity index (χ4n) is 3.38. The topological polar surface area (TPSA) is 95.2 Å². The molecule has 0 aromatic heterocycles. The molecule has 2 aromatic rings. The lowest BCUT2D eigenvalue weighted by Crippen LogP contribution is -2.22. The van der Waals surface area contributed by atoms with Crippen molar-refractivity contribution < 1.29 is 18.3 Å². The van der Waals surface area contributed by atoms with Gasteiger partial charge in [0, 0.05) is 10.9 Å². The fourth-order valence-corrected chi connectivity index (χ4v) is 5.76. The van der Waals surface area contributed by atoms with E-state index in [4.69, 9.17) is 11.6 Å². The van der Waals surface area contributed by atoms with Crippen molar-refractivity contribution in [3.05, 3.63) is 64.7 Å². The molecule has 0 amide bonds. The van der Waals surface area contributed by atoms with Gasteiger partial charge in [-0.15, -0.1) is 0 Å². The molecule has 7 heteroatoms. The van der Waals surface area contributed by atoms with Gasteiger partial charge < -0.3 is 5.11 Å². The third-order valence-electron chi connectivity index (χ3n) is 4.90. The van der Waals surface area contributed by atoms with Crippen molar-refractivity contribution >= 4 is 27.4 Å². The summed E-state index contributed by atoms with van der Waals surface area (Å²) in [5.74, 6) is -2.34. The number of aliphatic carboxylic acids is 1. The van der Waals surface area contributed by atoms with Crippen LogP contribution in [0.4, 0.5) is 0 Å². The SMILES string of the molecule is CCc1ccc([C@@H]2[C@H](S(=O)(=O)c3ccc(Cl)cc3)[C@@]2(C#N)C(=O)O)cc1. The highest BCUT2D eigenvalue weighted by atomic mass is 35.5. The first-order valence-electron chi connectivity index (χ1n) is 8.02. The highest BCUT2D eigenvalue weighted by Crippen LogP contribution is 2.64. The van der Waals surface area contributed by atoms with E-state index >= 15 is 0 Å². The van der Waals surface area contributed by atoms with E-state index in [1.54, 1.807) is 18.2 Å². The number of nitrogens with zero attached hydrogens (tertiary/aromatic N) is 1. The maximum atomic E-state index is 13.0. The zero-order valence-corrected chi connectivity index (χ0v) is 15.5. The summed E-state index contributed by atoms with van der Waals surface area (Å²) in [7, 11) is -4.02. The molecule has 1 aliphatic rings. The number of aryl methyl sites for hydroxylation is 1. The predicted molar refractivity (Wildman–Crippen MR) is 96.7 cm³/mol. The van der Waals surface area contributed by atoms with E-state index in [2.05, 4.69) is 0 Å². The fraction of sp³-hybridized carbons (Fsp3) is 0.263. The van der Waals surface area contributed by atoms with Crippen LogP contribution in [0, 0.1) is 16.7 Å². The van der Waals surface area contributed by atoms with E-state index in [0.29, 0.717) is 10.6 Å². The van der Waals surface area contributed by atoms with Crippen molar-refractivity contribution in [2.24, 2.45) is 5.41 Å². The summed E-state index contributed by atoms with van der Waals surface area (Å²) in [6, 6.07) is 14.3. The first-order chi connectivity index (χ1) is 12.3. The maximum Gasteiger partial charge on any atom is 0.326 e. The number of carboxylic acid groups (broad SMARTS) is 1. The quantitative estimate of drug-likeness (QED) is 0.845. The molecule has 0 aliphatic heterocycles. The van der Waals surface area contributed by atoms with Gasteiger partial charge in [-0.05, 0) is 41.8 Å². The molecule has 5 nitrogen and oxygen atoms in total. The molecule has 26 heavy (non-hydrogen) atoms. The van der Waals surface area contributed by atoms with Crippen molar-refractivity contribution in [2.75, 3.05) is 0 Å². The third kappa shape index (κ3) is 2.68. The lowest BCUT2D eigenvalue weighted by Gasteiger charge is -2.05. The third-order valence-corrected chi connectivity index (χ3v) is 7.39. The first kappa shape index (κ1) is 18.4. The second-order valence-electron chi connectivity index (χ2n) is 6.28. The minimum atomic E-state index is -4.02. The van der Waals surface area contributed by atoms with Crippen molar-refractivity contribution in [1.82, 2.24) is 0 Å². The molecule has 3 rings (SSSR count). The molecular formula is C19H16ClNO4S. The number of hydrogen-bond donors (Lipinski definition) is 1. The van der Waals surface area contributed by atoms with Crippen LogP contribution in [-0.4, -0.2) is 24.7 Å². The van der Waals surface area contributed by atoms with E-state index in [9.17, 15) is 23.6 Å². The lowest BCUT2D eigenvalue weighted by atomic mass is 9.99. The number of halogens is 1. The van der Waals surface area contributed by atoms with Gasteiger partial charge in [-0.1, -0.05) is 42.8 Å². The van der Waals surface area contributed by atoms with E-state index in [1.165, 1.54) is 24.3 Å². The molecule has 0 saturated heterocycles. The molecule has 0 unspecified atom stereocenters. The van der Waals surface area contributed by atoms with Crippen LogP contribution in [0.15, 0.2) is 53.4 Å². The molecule has 1 aliphatic carbocycles. The Bertz CT molecular complexity index is 993. The Morgan fingerprint density at radius 2 is 1.77 bits per heavy atom. The van der Waals surface area contributed by atoms with Crippen molar-refractivity contribution in [1.29, 1.82) is 5.26 Å². The monoisotopic (exact) mass is 389 g/mol. The van der Waals surface area contributed by atoms with E-state index in [-0.39, 0.29) is 4.90 Å². The van der Waals surface area contributed by atoms with Gasteiger partial charge in [-0.3, -0.25) is 4.79 Å². The average Bonchev–Trinajstić information content (AvgIpc) is 3.34. The lowest BCUT2D eigenvalue weighted by molar-refractivity contribution is -0.141. The van der Waals surface area contributed by atoms with Gasteiger partial charge in [-0.25, -0.2) is 8.42 Å². The molecule has 3 atom stereocenters. The Labute approximate surface area is 156 Å². The molecule has 0 heterocycles. The van der Waals surface area contributed by atoms with Gasteiger partial charge in [0.2, 0.25) is 0 Å². The van der Waals surface area contributed by atoms with Crippen LogP contribution in [0.3, 0.4) is 0 Å². The van der Waals surface area contributed by atoms with Crippen molar-refractivity contribution in [2.45, 2.75) is 29.4 Å². The van der Waals surface area contributed by atoms with E-state index < -0.39 is 32.4 Å². The molecule has 1 saturated carbocycles. The summed E-state index contributed by atoms with van der Waals surface area (Å²) >= 11 is 5.80. The molecule has 0 radical (unpaired) electrons. The minimum Gasteiger partial charge on any atom is -0.480 e. The second-order valence-corrected chi connectivity index (χ2v) is 8.78. The molecule has 0 bridgehead atoms. The molecule has 134 valence electrons. The molecule has 1 fully saturated rings. The first-order valence-corrected chi connectivity index (χ1v) is 9.94. The Morgan fingerprint density at radius 3 is 2.23 bits per heavy atom. The van der Waals surface area contributed by atoms with Crippen LogP contribution < -0.4 is 0 Å². The smallest absolute Gasteiger partial charge is 0.326 e. The van der Waals surface area contributed by atoms with Gasteiger partial charge >= 0.3 is 5.97 Å². The molecule has 1 N–H and O–H groups in total. The normalized spacial score (nSPS) is 24.7. The van der Waals surface area contributed by atoms with Gasteiger partial charge in [-0.2, -0.15) is 5.26 Å². The number of rotatable bonds is 5. The molecule has 2 aromatic carbocycles. The summed E-state index contributed by atoms with van der Waals surface area (Å²) in [6.07, 6.45) is 0.805. The number of nitriles is 1. The summed E-state index contributed by atoms with van der Waals surface area (Å²) < 4.78 is 26.1. The van der Waals surface area contributed by atoms with Gasteiger partial charge in [0.25, 0.3) is 0 Å². The molecular weight excluding hydrogens is 374 g/mol. The van der Waals surface area contributed by atoms with Crippen molar-refractivity contribution in [3.8, 4) is 6.07 Å². The highest BCUT2D eigenvalue weighted by Gasteiger charge is 2.77. The minimum absolute atomic E-state index is 0.0412. The zero-order chi connectivity index (χ0) is 19.1. The summed E-state index contributed by atoms with van der Waals surface area (Å²) in [4.78, 5) is 11.8. The largest absolute Gasteiger partial charge is 0.480 e.